The van der Waals surface area contributed by atoms with E-state index in [2.05, 4.69) is 5.48 Å². The van der Waals surface area contributed by atoms with Crippen LogP contribution in [0.25, 0.3) is 0 Å². The van der Waals surface area contributed by atoms with Crippen molar-refractivity contribution < 1.29 is 20.2 Å². The van der Waals surface area contributed by atoms with Gasteiger partial charge in [-0.3, -0.25) is 15.5 Å². The van der Waals surface area contributed by atoms with Gasteiger partial charge in [-0.25, -0.2) is 0 Å². The van der Waals surface area contributed by atoms with Gasteiger partial charge in [-0.2, -0.15) is 0 Å². The Labute approximate surface area is 157 Å². The fourth-order valence-electron chi connectivity index (χ4n) is 3.54. The molecule has 1 rings (SSSR count). The second-order valence-electron chi connectivity index (χ2n) is 9.26. The standard InChI is InChI=1S/C21H35NO4/c1-9-21(10-2,18(24)25)12-13-11-14(19(3,4)5)17(23)15(16(13)22-26)20(6,7)8/h11,22-23,26H,9-10,12H2,1-8H3,(H,24,25). The van der Waals surface area contributed by atoms with Crippen molar-refractivity contribution in [3.63, 3.8) is 0 Å². The van der Waals surface area contributed by atoms with E-state index < -0.39 is 16.8 Å². The van der Waals surface area contributed by atoms with E-state index in [1.54, 1.807) is 0 Å². The highest BCUT2D eigenvalue weighted by Crippen LogP contribution is 2.46. The summed E-state index contributed by atoms with van der Waals surface area (Å²) in [7, 11) is 0. The van der Waals surface area contributed by atoms with Gasteiger partial charge in [0.25, 0.3) is 0 Å². The summed E-state index contributed by atoms with van der Waals surface area (Å²) in [4.78, 5) is 12.0. The molecule has 26 heavy (non-hydrogen) atoms. The fraction of sp³-hybridized carbons (Fsp3) is 0.667. The number of carboxylic acids is 1. The van der Waals surface area contributed by atoms with Gasteiger partial charge in [0.15, 0.2) is 0 Å². The number of rotatable bonds is 6. The molecule has 0 fully saturated rings. The topological polar surface area (TPSA) is 89.8 Å². The summed E-state index contributed by atoms with van der Waals surface area (Å²) in [6.07, 6.45) is 1.26. The number of aliphatic carboxylic acids is 1. The van der Waals surface area contributed by atoms with Gasteiger partial charge in [0.1, 0.15) is 5.75 Å². The summed E-state index contributed by atoms with van der Waals surface area (Å²) >= 11 is 0. The van der Waals surface area contributed by atoms with Gasteiger partial charge in [-0.15, -0.1) is 0 Å². The Morgan fingerprint density at radius 2 is 1.54 bits per heavy atom. The Bertz CT molecular complexity index is 662. The number of hydrogen-bond acceptors (Lipinski definition) is 4. The normalized spacial score (nSPS) is 13.0. The quantitative estimate of drug-likeness (QED) is 0.519. The maximum Gasteiger partial charge on any atom is 0.309 e. The SMILES string of the molecule is CCC(CC)(Cc1cc(C(C)(C)C)c(O)c(C(C)(C)C)c1NO)C(=O)O. The highest BCUT2D eigenvalue weighted by atomic mass is 16.5. The highest BCUT2D eigenvalue weighted by Gasteiger charge is 2.38. The van der Waals surface area contributed by atoms with Crippen molar-refractivity contribution in [2.45, 2.75) is 85.5 Å². The number of benzene rings is 1. The molecular weight excluding hydrogens is 330 g/mol. The summed E-state index contributed by atoms with van der Waals surface area (Å²) < 4.78 is 0. The molecule has 0 radical (unpaired) electrons. The Hall–Kier alpha value is -1.75. The summed E-state index contributed by atoms with van der Waals surface area (Å²) in [6, 6.07) is 1.84. The van der Waals surface area contributed by atoms with Crippen LogP contribution in [0.3, 0.4) is 0 Å². The first-order valence-electron chi connectivity index (χ1n) is 9.28. The van der Waals surface area contributed by atoms with Gasteiger partial charge >= 0.3 is 5.97 Å². The lowest BCUT2D eigenvalue weighted by Gasteiger charge is -2.33. The first-order chi connectivity index (χ1) is 11.7. The lowest BCUT2D eigenvalue weighted by molar-refractivity contribution is -0.149. The van der Waals surface area contributed by atoms with Crippen molar-refractivity contribution in [3.8, 4) is 5.75 Å². The molecule has 0 saturated heterocycles. The van der Waals surface area contributed by atoms with Crippen LogP contribution in [0.5, 0.6) is 5.75 Å². The maximum atomic E-state index is 12.0. The van der Waals surface area contributed by atoms with Crippen LogP contribution in [0.4, 0.5) is 5.69 Å². The smallest absolute Gasteiger partial charge is 0.309 e. The summed E-state index contributed by atoms with van der Waals surface area (Å²) in [5.74, 6) is -0.687. The predicted octanol–water partition coefficient (Wildman–Crippen LogP) is 5.22. The number of nitrogens with one attached hydrogen (secondary N) is 1. The summed E-state index contributed by atoms with van der Waals surface area (Å²) in [5.41, 5.74) is 3.06. The molecule has 5 nitrogen and oxygen atoms in total. The van der Waals surface area contributed by atoms with E-state index in [0.717, 1.165) is 5.56 Å². The molecule has 4 N–H and O–H groups in total. The van der Waals surface area contributed by atoms with Crippen LogP contribution in [-0.4, -0.2) is 21.4 Å². The van der Waals surface area contributed by atoms with Gasteiger partial charge in [-0.1, -0.05) is 55.4 Å². The Morgan fingerprint density at radius 3 is 1.85 bits per heavy atom. The van der Waals surface area contributed by atoms with Crippen molar-refractivity contribution in [2.24, 2.45) is 5.41 Å². The van der Waals surface area contributed by atoms with Crippen LogP contribution >= 0.6 is 0 Å². The average Bonchev–Trinajstić information content (AvgIpc) is 2.50. The van der Waals surface area contributed by atoms with Gasteiger partial charge in [0.2, 0.25) is 0 Å². The van der Waals surface area contributed by atoms with Crippen LogP contribution in [0, 0.1) is 5.41 Å². The van der Waals surface area contributed by atoms with Crippen LogP contribution in [0.15, 0.2) is 6.07 Å². The largest absolute Gasteiger partial charge is 0.507 e. The molecule has 0 amide bonds. The van der Waals surface area contributed by atoms with Crippen molar-refractivity contribution in [3.05, 3.63) is 22.8 Å². The van der Waals surface area contributed by atoms with E-state index in [4.69, 9.17) is 0 Å². The summed E-state index contributed by atoms with van der Waals surface area (Å²) in [5, 5.41) is 30.6. The molecule has 0 aromatic heterocycles. The van der Waals surface area contributed by atoms with Gasteiger partial charge in [0.05, 0.1) is 11.1 Å². The van der Waals surface area contributed by atoms with Crippen molar-refractivity contribution >= 4 is 11.7 Å². The average molecular weight is 366 g/mol. The number of phenolic OH excluding ortho intramolecular Hbond substituents is 1. The molecule has 5 heteroatoms. The second-order valence-corrected chi connectivity index (χ2v) is 9.26. The number of aromatic hydroxyl groups is 1. The van der Waals surface area contributed by atoms with Crippen molar-refractivity contribution in [1.29, 1.82) is 0 Å². The monoisotopic (exact) mass is 365 g/mol. The minimum Gasteiger partial charge on any atom is -0.507 e. The van der Waals surface area contributed by atoms with Crippen LogP contribution in [0.1, 0.15) is 84.9 Å². The van der Waals surface area contributed by atoms with E-state index in [1.807, 2.05) is 61.5 Å². The van der Waals surface area contributed by atoms with Gasteiger partial charge in [-0.05, 0) is 47.3 Å². The number of carbonyl (C=O) groups is 1. The lowest BCUT2D eigenvalue weighted by Crippen LogP contribution is -2.33. The molecule has 0 unspecified atom stereocenters. The molecule has 1 aromatic rings. The lowest BCUT2D eigenvalue weighted by atomic mass is 9.72. The molecule has 0 saturated carbocycles. The highest BCUT2D eigenvalue weighted by molar-refractivity contribution is 5.76. The molecule has 0 aliphatic heterocycles. The molecule has 0 aliphatic carbocycles. The van der Waals surface area contributed by atoms with Crippen LogP contribution < -0.4 is 5.48 Å². The first kappa shape index (κ1) is 22.3. The van der Waals surface area contributed by atoms with Crippen molar-refractivity contribution in [1.82, 2.24) is 0 Å². The molecule has 0 spiro atoms. The van der Waals surface area contributed by atoms with Gasteiger partial charge < -0.3 is 10.2 Å². The number of anilines is 1. The third kappa shape index (κ3) is 4.14. The summed E-state index contributed by atoms with van der Waals surface area (Å²) in [6.45, 7) is 15.7. The molecule has 0 heterocycles. The zero-order chi connectivity index (χ0) is 20.5. The van der Waals surface area contributed by atoms with E-state index in [0.29, 0.717) is 29.7 Å². The number of hydrogen-bond donors (Lipinski definition) is 4. The Morgan fingerprint density at radius 1 is 1.04 bits per heavy atom. The predicted molar refractivity (Wildman–Crippen MR) is 105 cm³/mol. The van der Waals surface area contributed by atoms with Crippen LogP contribution in [0.2, 0.25) is 0 Å². The number of carboxylic acid groups (broad SMARTS) is 1. The fourth-order valence-corrected chi connectivity index (χ4v) is 3.54. The third-order valence-electron chi connectivity index (χ3n) is 5.39. The third-order valence-corrected chi connectivity index (χ3v) is 5.39. The van der Waals surface area contributed by atoms with E-state index >= 15 is 0 Å². The minimum atomic E-state index is -0.910. The van der Waals surface area contributed by atoms with Crippen LogP contribution in [-0.2, 0) is 22.0 Å². The molecule has 0 bridgehead atoms. The first-order valence-corrected chi connectivity index (χ1v) is 9.28. The Balaban J connectivity index is 3.85. The maximum absolute atomic E-state index is 12.0. The molecule has 0 atom stereocenters. The zero-order valence-electron chi connectivity index (χ0n) is 17.4. The zero-order valence-corrected chi connectivity index (χ0v) is 17.4. The van der Waals surface area contributed by atoms with E-state index in [9.17, 15) is 20.2 Å². The van der Waals surface area contributed by atoms with Gasteiger partial charge in [0, 0.05) is 5.56 Å². The molecule has 1 aromatic carbocycles. The Kier molecular flexibility index (Phi) is 6.41. The number of phenols is 1. The van der Waals surface area contributed by atoms with Crippen molar-refractivity contribution in [2.75, 3.05) is 5.48 Å². The molecule has 0 aliphatic rings. The molecular formula is C21H35NO4. The van der Waals surface area contributed by atoms with E-state index in [-0.39, 0.29) is 17.6 Å². The van der Waals surface area contributed by atoms with E-state index in [1.165, 1.54) is 0 Å². The molecule has 148 valence electrons. The second kappa shape index (κ2) is 7.47. The minimum absolute atomic E-state index is 0.152.